The maximum absolute atomic E-state index is 12.6. The number of carbonyl (C=O) groups excluding carboxylic acids is 1. The number of benzene rings is 2. The fourth-order valence-corrected chi connectivity index (χ4v) is 3.41. The van der Waals surface area contributed by atoms with Crippen molar-refractivity contribution >= 4 is 11.7 Å². The Morgan fingerprint density at radius 2 is 1.88 bits per heavy atom. The zero-order chi connectivity index (χ0) is 18.6. The van der Waals surface area contributed by atoms with Gasteiger partial charge < -0.3 is 15.0 Å². The van der Waals surface area contributed by atoms with Crippen LogP contribution in [0.2, 0.25) is 0 Å². The number of aryl methyl sites for hydroxylation is 1. The number of likely N-dealkylation sites (tertiary alicyclic amines) is 1. The first-order valence-electron chi connectivity index (χ1n) is 8.75. The molecule has 1 fully saturated rings. The predicted molar refractivity (Wildman–Crippen MR) is 101 cm³/mol. The molecule has 0 aliphatic carbocycles. The van der Waals surface area contributed by atoms with Crippen molar-refractivity contribution in [3.05, 3.63) is 59.7 Å². The van der Waals surface area contributed by atoms with Crippen LogP contribution in [0.25, 0.3) is 0 Å². The first-order chi connectivity index (χ1) is 12.6. The van der Waals surface area contributed by atoms with E-state index in [4.69, 9.17) is 4.74 Å². The molecule has 134 valence electrons. The second-order valence-corrected chi connectivity index (χ2v) is 6.66. The molecule has 0 aromatic heterocycles. The van der Waals surface area contributed by atoms with Crippen LogP contribution in [0.1, 0.15) is 24.0 Å². The number of hydrogen-bond acceptors (Lipinski definition) is 3. The van der Waals surface area contributed by atoms with Crippen molar-refractivity contribution in [3.8, 4) is 11.8 Å². The number of ether oxygens (including phenoxy) is 1. The van der Waals surface area contributed by atoms with E-state index in [1.165, 1.54) is 0 Å². The van der Waals surface area contributed by atoms with Crippen molar-refractivity contribution < 1.29 is 9.53 Å². The highest BCUT2D eigenvalue weighted by Gasteiger charge is 2.37. The first kappa shape index (κ1) is 17.8. The van der Waals surface area contributed by atoms with Gasteiger partial charge in [0.2, 0.25) is 0 Å². The van der Waals surface area contributed by atoms with Crippen molar-refractivity contribution in [1.82, 2.24) is 4.90 Å². The van der Waals surface area contributed by atoms with Crippen LogP contribution in [0.5, 0.6) is 5.75 Å². The Morgan fingerprint density at radius 1 is 1.19 bits per heavy atom. The van der Waals surface area contributed by atoms with Gasteiger partial charge >= 0.3 is 6.03 Å². The van der Waals surface area contributed by atoms with Gasteiger partial charge in [-0.25, -0.2) is 4.79 Å². The van der Waals surface area contributed by atoms with Crippen molar-refractivity contribution in [2.45, 2.75) is 25.2 Å². The normalized spacial score (nSPS) is 15.8. The molecule has 1 aliphatic rings. The number of hydrogen-bond donors (Lipinski definition) is 1. The number of nitrogens with zero attached hydrogens (tertiary/aromatic N) is 2. The van der Waals surface area contributed by atoms with E-state index >= 15 is 0 Å². The summed E-state index contributed by atoms with van der Waals surface area (Å²) in [6, 6.07) is 17.8. The average molecular weight is 349 g/mol. The molecular weight excluding hydrogens is 326 g/mol. The minimum Gasteiger partial charge on any atom is -0.497 e. The van der Waals surface area contributed by atoms with Gasteiger partial charge in [0.15, 0.2) is 0 Å². The number of carbonyl (C=O) groups is 1. The lowest BCUT2D eigenvalue weighted by atomic mass is 9.74. The minimum atomic E-state index is -0.506. The molecule has 1 aliphatic heterocycles. The number of piperidine rings is 1. The van der Waals surface area contributed by atoms with Gasteiger partial charge in [0, 0.05) is 18.8 Å². The summed E-state index contributed by atoms with van der Waals surface area (Å²) in [4.78, 5) is 14.4. The van der Waals surface area contributed by atoms with E-state index in [-0.39, 0.29) is 6.03 Å². The fourth-order valence-electron chi connectivity index (χ4n) is 3.41. The van der Waals surface area contributed by atoms with Crippen molar-refractivity contribution in [3.63, 3.8) is 0 Å². The summed E-state index contributed by atoms with van der Waals surface area (Å²) in [7, 11) is 1.62. The Kier molecular flexibility index (Phi) is 5.13. The Bertz CT molecular complexity index is 819. The van der Waals surface area contributed by atoms with Crippen LogP contribution in [0.4, 0.5) is 10.5 Å². The Balaban J connectivity index is 1.66. The summed E-state index contributed by atoms with van der Waals surface area (Å²) in [5.74, 6) is 0.764. The first-order valence-corrected chi connectivity index (χ1v) is 8.75. The summed E-state index contributed by atoms with van der Waals surface area (Å²) in [6.45, 7) is 3.05. The van der Waals surface area contributed by atoms with Crippen LogP contribution in [0.3, 0.4) is 0 Å². The molecule has 1 N–H and O–H groups in total. The van der Waals surface area contributed by atoms with Crippen LogP contribution < -0.4 is 10.1 Å². The summed E-state index contributed by atoms with van der Waals surface area (Å²) < 4.78 is 5.19. The highest BCUT2D eigenvalue weighted by atomic mass is 16.5. The minimum absolute atomic E-state index is 0.127. The smallest absolute Gasteiger partial charge is 0.321 e. The number of nitrogens with one attached hydrogen (secondary N) is 1. The molecule has 0 unspecified atom stereocenters. The molecule has 2 aromatic carbocycles. The lowest BCUT2D eigenvalue weighted by molar-refractivity contribution is 0.183. The Labute approximate surface area is 154 Å². The number of methoxy groups -OCH3 is 1. The van der Waals surface area contributed by atoms with Crippen molar-refractivity contribution in [2.75, 3.05) is 25.5 Å². The van der Waals surface area contributed by atoms with Gasteiger partial charge in [-0.2, -0.15) is 5.26 Å². The van der Waals surface area contributed by atoms with Gasteiger partial charge in [0.05, 0.1) is 18.6 Å². The fraction of sp³-hybridized carbons (Fsp3) is 0.333. The van der Waals surface area contributed by atoms with E-state index in [1.54, 1.807) is 12.0 Å². The monoisotopic (exact) mass is 349 g/mol. The summed E-state index contributed by atoms with van der Waals surface area (Å²) in [5.41, 5.74) is 2.25. The average Bonchev–Trinajstić information content (AvgIpc) is 2.70. The molecule has 2 aromatic rings. The zero-order valence-corrected chi connectivity index (χ0v) is 15.2. The molecule has 3 rings (SSSR count). The topological polar surface area (TPSA) is 65.4 Å². The molecule has 26 heavy (non-hydrogen) atoms. The van der Waals surface area contributed by atoms with Crippen LogP contribution >= 0.6 is 0 Å². The molecule has 2 amide bonds. The molecule has 1 saturated heterocycles. The Hall–Kier alpha value is -3.00. The van der Waals surface area contributed by atoms with E-state index in [0.717, 1.165) is 22.6 Å². The molecule has 1 heterocycles. The lowest BCUT2D eigenvalue weighted by Gasteiger charge is -2.37. The standard InChI is InChI=1S/C21H23N3O2/c1-16-14-18(26-2)8-9-19(16)23-20(25)24-12-10-21(15-22,11-13-24)17-6-4-3-5-7-17/h3-9,14H,10-13H2,1-2H3,(H,23,25). The number of anilines is 1. The molecule has 0 atom stereocenters. The van der Waals surface area contributed by atoms with E-state index < -0.39 is 5.41 Å². The molecule has 5 heteroatoms. The second-order valence-electron chi connectivity index (χ2n) is 6.66. The number of nitriles is 1. The molecule has 0 saturated carbocycles. The molecule has 0 radical (unpaired) electrons. The largest absolute Gasteiger partial charge is 0.497 e. The molecule has 0 spiro atoms. The van der Waals surface area contributed by atoms with Crippen LogP contribution in [0, 0.1) is 18.3 Å². The molecular formula is C21H23N3O2. The lowest BCUT2D eigenvalue weighted by Crippen LogP contribution is -2.46. The van der Waals surface area contributed by atoms with Crippen molar-refractivity contribution in [1.29, 1.82) is 5.26 Å². The third-order valence-corrected chi connectivity index (χ3v) is 5.12. The summed E-state index contributed by atoms with van der Waals surface area (Å²) in [6.07, 6.45) is 1.28. The summed E-state index contributed by atoms with van der Waals surface area (Å²) in [5, 5.41) is 12.7. The van der Waals surface area contributed by atoms with E-state index in [2.05, 4.69) is 11.4 Å². The number of rotatable bonds is 3. The zero-order valence-electron chi connectivity index (χ0n) is 15.2. The third kappa shape index (κ3) is 3.50. The van der Waals surface area contributed by atoms with Crippen LogP contribution in [0.15, 0.2) is 48.5 Å². The van der Waals surface area contributed by atoms with E-state index in [9.17, 15) is 10.1 Å². The van der Waals surface area contributed by atoms with Crippen LogP contribution in [-0.4, -0.2) is 31.1 Å². The maximum Gasteiger partial charge on any atom is 0.321 e. The van der Waals surface area contributed by atoms with Gasteiger partial charge in [0.1, 0.15) is 5.75 Å². The van der Waals surface area contributed by atoms with E-state index in [1.807, 2.05) is 55.5 Å². The van der Waals surface area contributed by atoms with Gasteiger partial charge in [-0.1, -0.05) is 30.3 Å². The highest BCUT2D eigenvalue weighted by Crippen LogP contribution is 2.35. The van der Waals surface area contributed by atoms with Gasteiger partial charge in [-0.15, -0.1) is 0 Å². The van der Waals surface area contributed by atoms with Gasteiger partial charge in [-0.05, 0) is 49.1 Å². The SMILES string of the molecule is COc1ccc(NC(=O)N2CCC(C#N)(c3ccccc3)CC2)c(C)c1. The second kappa shape index (κ2) is 7.49. The van der Waals surface area contributed by atoms with Crippen molar-refractivity contribution in [2.24, 2.45) is 0 Å². The van der Waals surface area contributed by atoms with Gasteiger partial charge in [0.25, 0.3) is 0 Å². The molecule has 0 bridgehead atoms. The van der Waals surface area contributed by atoms with Gasteiger partial charge in [-0.3, -0.25) is 0 Å². The quantitative estimate of drug-likeness (QED) is 0.907. The van der Waals surface area contributed by atoms with E-state index in [0.29, 0.717) is 25.9 Å². The number of amides is 2. The third-order valence-electron chi connectivity index (χ3n) is 5.12. The van der Waals surface area contributed by atoms with Crippen LogP contribution in [-0.2, 0) is 5.41 Å². The summed E-state index contributed by atoms with van der Waals surface area (Å²) >= 11 is 0. The molecule has 5 nitrogen and oxygen atoms in total. The highest BCUT2D eigenvalue weighted by molar-refractivity contribution is 5.90. The Morgan fingerprint density at radius 3 is 2.46 bits per heavy atom. The predicted octanol–water partition coefficient (Wildman–Crippen LogP) is 4.09. The maximum atomic E-state index is 12.6. The number of urea groups is 1.